The van der Waals surface area contributed by atoms with E-state index >= 15 is 0 Å². The fourth-order valence-electron chi connectivity index (χ4n) is 1.36. The number of aliphatic hydroxyl groups is 1. The Hall–Kier alpha value is -0.800. The molecule has 0 saturated heterocycles. The number of nitrogens with zero attached hydrogens (tertiary/aromatic N) is 1. The number of rotatable bonds is 5. The van der Waals surface area contributed by atoms with Crippen molar-refractivity contribution in [1.29, 1.82) is 0 Å². The van der Waals surface area contributed by atoms with Gasteiger partial charge in [-0.1, -0.05) is 0 Å². The Morgan fingerprint density at radius 2 is 2.21 bits per heavy atom. The first-order chi connectivity index (χ1) is 6.63. The topological polar surface area (TPSA) is 37.2 Å². The van der Waals surface area contributed by atoms with Crippen molar-refractivity contribution in [3.63, 3.8) is 0 Å². The van der Waals surface area contributed by atoms with E-state index in [1.807, 2.05) is 14.0 Å². The van der Waals surface area contributed by atoms with Crippen LogP contribution in [0.25, 0.3) is 0 Å². The summed E-state index contributed by atoms with van der Waals surface area (Å²) in [4.78, 5) is 0. The molecule has 0 bridgehead atoms. The number of aliphatic hydroxyl groups excluding tert-OH is 1. The molecule has 0 aliphatic carbocycles. The molecule has 0 aromatic carbocycles. The van der Waals surface area contributed by atoms with Crippen molar-refractivity contribution in [3.05, 3.63) is 24.0 Å². The lowest BCUT2D eigenvalue weighted by Crippen LogP contribution is -2.11. The fraction of sp³-hybridized carbons (Fsp3) is 0.636. The molecular formula is C11H20N2O. The molecule has 14 heavy (non-hydrogen) atoms. The lowest BCUT2D eigenvalue weighted by atomic mass is 10.2. The number of hydrogen-bond donors (Lipinski definition) is 2. The van der Waals surface area contributed by atoms with Crippen molar-refractivity contribution in [1.82, 2.24) is 9.88 Å². The summed E-state index contributed by atoms with van der Waals surface area (Å²) >= 11 is 0. The second-order valence-electron chi connectivity index (χ2n) is 3.83. The van der Waals surface area contributed by atoms with Crippen LogP contribution in [-0.4, -0.2) is 22.8 Å². The molecule has 0 amide bonds. The maximum atomic E-state index is 9.15. The lowest BCUT2D eigenvalue weighted by molar-refractivity contribution is 0.178. The van der Waals surface area contributed by atoms with Crippen LogP contribution in [0.1, 0.15) is 31.9 Å². The zero-order chi connectivity index (χ0) is 10.6. The van der Waals surface area contributed by atoms with Gasteiger partial charge in [0.25, 0.3) is 0 Å². The maximum Gasteiger partial charge on any atom is 0.0529 e. The summed E-state index contributed by atoms with van der Waals surface area (Å²) in [6.07, 6.45) is 4.78. The third kappa shape index (κ3) is 3.16. The Morgan fingerprint density at radius 3 is 2.79 bits per heavy atom. The molecule has 2 atom stereocenters. The Kier molecular flexibility index (Phi) is 4.17. The van der Waals surface area contributed by atoms with Gasteiger partial charge in [-0.2, -0.15) is 0 Å². The van der Waals surface area contributed by atoms with Gasteiger partial charge in [0.2, 0.25) is 0 Å². The fourth-order valence-corrected chi connectivity index (χ4v) is 1.36. The number of hydrogen-bond acceptors (Lipinski definition) is 2. The van der Waals surface area contributed by atoms with Crippen LogP contribution in [-0.2, 0) is 6.54 Å². The van der Waals surface area contributed by atoms with E-state index in [0.717, 1.165) is 13.0 Å². The van der Waals surface area contributed by atoms with Crippen molar-refractivity contribution in [2.45, 2.75) is 39.0 Å². The molecule has 3 heteroatoms. The predicted molar refractivity (Wildman–Crippen MR) is 58.2 cm³/mol. The summed E-state index contributed by atoms with van der Waals surface area (Å²) in [6, 6.07) is 2.51. The van der Waals surface area contributed by atoms with Crippen molar-refractivity contribution in [2.24, 2.45) is 0 Å². The molecule has 0 saturated carbocycles. The average molecular weight is 196 g/mol. The van der Waals surface area contributed by atoms with Crippen LogP contribution in [0.15, 0.2) is 18.5 Å². The van der Waals surface area contributed by atoms with Crippen LogP contribution >= 0.6 is 0 Å². The summed E-state index contributed by atoms with van der Waals surface area (Å²) in [5.41, 5.74) is 1.29. The van der Waals surface area contributed by atoms with Gasteiger partial charge in [-0.05, 0) is 38.9 Å². The minimum Gasteiger partial charge on any atom is -0.393 e. The first kappa shape index (κ1) is 11.3. The molecule has 80 valence electrons. The first-order valence-corrected chi connectivity index (χ1v) is 5.14. The highest BCUT2D eigenvalue weighted by Crippen LogP contribution is 2.12. The largest absolute Gasteiger partial charge is 0.393 e. The minimum atomic E-state index is -0.220. The van der Waals surface area contributed by atoms with Gasteiger partial charge in [0.1, 0.15) is 0 Å². The normalized spacial score (nSPS) is 15.4. The predicted octanol–water partition coefficient (Wildman–Crippen LogP) is 1.54. The molecule has 1 aromatic rings. The molecule has 0 aliphatic heterocycles. The third-order valence-corrected chi connectivity index (χ3v) is 2.51. The molecule has 0 fully saturated rings. The average Bonchev–Trinajstić information content (AvgIpc) is 2.62. The van der Waals surface area contributed by atoms with Gasteiger partial charge in [-0.3, -0.25) is 0 Å². The lowest BCUT2D eigenvalue weighted by Gasteiger charge is -2.07. The van der Waals surface area contributed by atoms with E-state index in [9.17, 15) is 0 Å². The van der Waals surface area contributed by atoms with Gasteiger partial charge in [-0.15, -0.1) is 0 Å². The number of nitrogens with one attached hydrogen (secondary N) is 1. The third-order valence-electron chi connectivity index (χ3n) is 2.51. The summed E-state index contributed by atoms with van der Waals surface area (Å²) in [6.45, 7) is 4.84. The molecule has 1 heterocycles. The Bertz CT molecular complexity index is 268. The molecule has 3 nitrogen and oxygen atoms in total. The van der Waals surface area contributed by atoms with Crippen LogP contribution < -0.4 is 5.32 Å². The van der Waals surface area contributed by atoms with Crippen molar-refractivity contribution in [3.8, 4) is 0 Å². The van der Waals surface area contributed by atoms with Crippen LogP contribution in [0.4, 0.5) is 0 Å². The van der Waals surface area contributed by atoms with Gasteiger partial charge in [0.15, 0.2) is 0 Å². The van der Waals surface area contributed by atoms with Crippen LogP contribution in [0.5, 0.6) is 0 Å². The maximum absolute atomic E-state index is 9.15. The van der Waals surface area contributed by atoms with Gasteiger partial charge >= 0.3 is 0 Å². The quantitative estimate of drug-likeness (QED) is 0.749. The molecule has 1 aromatic heterocycles. The highest BCUT2D eigenvalue weighted by molar-refractivity contribution is 5.14. The molecular weight excluding hydrogens is 176 g/mol. The van der Waals surface area contributed by atoms with E-state index in [0.29, 0.717) is 6.04 Å². The molecule has 0 radical (unpaired) electrons. The summed E-state index contributed by atoms with van der Waals surface area (Å²) in [5.74, 6) is 0. The second-order valence-corrected chi connectivity index (χ2v) is 3.83. The Morgan fingerprint density at radius 1 is 1.50 bits per heavy atom. The van der Waals surface area contributed by atoms with Gasteiger partial charge < -0.3 is 15.0 Å². The van der Waals surface area contributed by atoms with Gasteiger partial charge in [0.05, 0.1) is 6.10 Å². The molecule has 2 N–H and O–H groups in total. The molecule has 0 aliphatic rings. The van der Waals surface area contributed by atoms with E-state index in [4.69, 9.17) is 5.11 Å². The van der Waals surface area contributed by atoms with Crippen LogP contribution in [0, 0.1) is 0 Å². The van der Waals surface area contributed by atoms with Crippen LogP contribution in [0.2, 0.25) is 0 Å². The van der Waals surface area contributed by atoms with Gasteiger partial charge in [-0.25, -0.2) is 0 Å². The van der Waals surface area contributed by atoms with Crippen LogP contribution in [0.3, 0.4) is 0 Å². The zero-order valence-electron chi connectivity index (χ0n) is 9.20. The molecule has 2 unspecified atom stereocenters. The SMILES string of the molecule is CNC(C)c1ccn(CCC(C)O)c1. The minimum absolute atomic E-state index is 0.220. The number of aryl methyl sites for hydroxylation is 1. The Balaban J connectivity index is 2.50. The van der Waals surface area contributed by atoms with E-state index < -0.39 is 0 Å². The van der Waals surface area contributed by atoms with Crippen molar-refractivity contribution in [2.75, 3.05) is 7.05 Å². The smallest absolute Gasteiger partial charge is 0.0529 e. The zero-order valence-corrected chi connectivity index (χ0v) is 9.20. The number of aromatic nitrogens is 1. The molecule has 0 spiro atoms. The summed E-state index contributed by atoms with van der Waals surface area (Å²) in [5, 5.41) is 12.3. The van der Waals surface area contributed by atoms with Crippen molar-refractivity contribution < 1.29 is 5.11 Å². The summed E-state index contributed by atoms with van der Waals surface area (Å²) in [7, 11) is 1.96. The first-order valence-electron chi connectivity index (χ1n) is 5.14. The monoisotopic (exact) mass is 196 g/mol. The van der Waals surface area contributed by atoms with E-state index in [1.165, 1.54) is 5.56 Å². The Labute approximate surface area is 85.7 Å². The second kappa shape index (κ2) is 5.17. The van der Waals surface area contributed by atoms with Gasteiger partial charge in [0, 0.05) is 25.0 Å². The summed E-state index contributed by atoms with van der Waals surface area (Å²) < 4.78 is 2.12. The molecule has 1 rings (SSSR count). The highest BCUT2D eigenvalue weighted by Gasteiger charge is 2.04. The van der Waals surface area contributed by atoms with E-state index in [2.05, 4.69) is 35.3 Å². The van der Waals surface area contributed by atoms with Crippen molar-refractivity contribution >= 4 is 0 Å². The van der Waals surface area contributed by atoms with E-state index in [1.54, 1.807) is 0 Å². The highest BCUT2D eigenvalue weighted by atomic mass is 16.3. The standard InChI is InChI=1S/C11H20N2O/c1-9(14)4-6-13-7-5-11(8-13)10(2)12-3/h5,7-10,12,14H,4,6H2,1-3H3. The van der Waals surface area contributed by atoms with E-state index in [-0.39, 0.29) is 6.10 Å².